The van der Waals surface area contributed by atoms with Gasteiger partial charge in [0, 0.05) is 6.42 Å². The van der Waals surface area contributed by atoms with Gasteiger partial charge in [0.15, 0.2) is 0 Å². The summed E-state index contributed by atoms with van der Waals surface area (Å²) in [5.74, 6) is 0. The molecule has 0 bridgehead atoms. The van der Waals surface area contributed by atoms with E-state index in [1.165, 1.54) is 0 Å². The molecule has 52 valence electrons. The first kappa shape index (κ1) is 5.83. The van der Waals surface area contributed by atoms with Gasteiger partial charge in [0.2, 0.25) is 0 Å². The molecule has 2 rings (SSSR count). The first-order chi connectivity index (χ1) is 4.85. The first-order valence-corrected chi connectivity index (χ1v) is 3.29. The van der Waals surface area contributed by atoms with E-state index in [0.717, 1.165) is 13.0 Å². The summed E-state index contributed by atoms with van der Waals surface area (Å²) in [6.07, 6.45) is 3.41. The summed E-state index contributed by atoms with van der Waals surface area (Å²) in [5.41, 5.74) is 3.28. The van der Waals surface area contributed by atoms with Gasteiger partial charge in [-0.25, -0.2) is 0 Å². The molecule has 1 aliphatic heterocycles. The van der Waals surface area contributed by atoms with Gasteiger partial charge in [-0.2, -0.15) is 0 Å². The number of hydrogen-bond donors (Lipinski definition) is 0. The zero-order valence-corrected chi connectivity index (χ0v) is 5.46. The van der Waals surface area contributed by atoms with Crippen molar-refractivity contribution in [2.45, 2.75) is 18.4 Å². The highest BCUT2D eigenvalue weighted by Gasteiger charge is 2.43. The van der Waals surface area contributed by atoms with Crippen LogP contribution in [-0.2, 0) is 4.74 Å². The van der Waals surface area contributed by atoms with E-state index in [2.05, 4.69) is 10.9 Å². The smallest absolute Gasteiger partial charge is 0.127 e. The Morgan fingerprint density at radius 3 is 3.00 bits per heavy atom. The van der Waals surface area contributed by atoms with Crippen LogP contribution in [-0.4, -0.2) is 12.2 Å². The molecule has 0 radical (unpaired) electrons. The molecular formula is C7H7NO2. The van der Waals surface area contributed by atoms with Crippen molar-refractivity contribution in [3.63, 3.8) is 0 Å². The van der Waals surface area contributed by atoms with E-state index in [9.17, 15) is 4.91 Å². The number of rotatable bonds is 1. The monoisotopic (exact) mass is 137 g/mol. The van der Waals surface area contributed by atoms with Crippen LogP contribution in [0.15, 0.2) is 22.7 Å². The fourth-order valence-electron chi connectivity index (χ4n) is 1.08. The van der Waals surface area contributed by atoms with Crippen LogP contribution in [0.2, 0.25) is 0 Å². The fourth-order valence-corrected chi connectivity index (χ4v) is 1.08. The van der Waals surface area contributed by atoms with E-state index in [-0.39, 0.29) is 5.60 Å². The SMILES string of the molecule is O=NC1=C=CC2(CC1)CO2. The maximum atomic E-state index is 9.98. The third-order valence-corrected chi connectivity index (χ3v) is 1.91. The average Bonchev–Trinajstić information content (AvgIpc) is 2.72. The molecule has 0 saturated carbocycles. The minimum Gasteiger partial charge on any atom is -0.364 e. The van der Waals surface area contributed by atoms with E-state index < -0.39 is 0 Å². The van der Waals surface area contributed by atoms with Gasteiger partial charge in [-0.15, -0.1) is 4.91 Å². The highest BCUT2D eigenvalue weighted by atomic mass is 16.6. The van der Waals surface area contributed by atoms with Crippen molar-refractivity contribution in [2.75, 3.05) is 6.61 Å². The maximum Gasteiger partial charge on any atom is 0.127 e. The topological polar surface area (TPSA) is 42.0 Å². The second-order valence-electron chi connectivity index (χ2n) is 2.68. The Kier molecular flexibility index (Phi) is 1.04. The lowest BCUT2D eigenvalue weighted by Gasteiger charge is -2.06. The predicted octanol–water partition coefficient (Wildman–Crippen LogP) is 1.35. The lowest BCUT2D eigenvalue weighted by molar-refractivity contribution is 0.333. The Labute approximate surface area is 58.3 Å². The molecule has 1 heterocycles. The van der Waals surface area contributed by atoms with Crippen molar-refractivity contribution in [2.24, 2.45) is 5.18 Å². The van der Waals surface area contributed by atoms with Crippen LogP contribution in [0.4, 0.5) is 0 Å². The average molecular weight is 137 g/mol. The highest BCUT2D eigenvalue weighted by molar-refractivity contribution is 5.18. The summed E-state index contributed by atoms with van der Waals surface area (Å²) in [6.45, 7) is 0.784. The van der Waals surface area contributed by atoms with E-state index >= 15 is 0 Å². The molecule has 0 aromatic heterocycles. The summed E-state index contributed by atoms with van der Waals surface area (Å²) in [5, 5.41) is 2.81. The molecule has 2 aliphatic rings. The summed E-state index contributed by atoms with van der Waals surface area (Å²) < 4.78 is 5.15. The normalized spacial score (nSPS) is 35.8. The van der Waals surface area contributed by atoms with Crippen LogP contribution in [0.3, 0.4) is 0 Å². The Morgan fingerprint density at radius 2 is 2.60 bits per heavy atom. The minimum atomic E-state index is -0.0474. The van der Waals surface area contributed by atoms with E-state index in [1.54, 1.807) is 0 Å². The van der Waals surface area contributed by atoms with Crippen LogP contribution < -0.4 is 0 Å². The van der Waals surface area contributed by atoms with E-state index in [0.29, 0.717) is 12.1 Å². The minimum absolute atomic E-state index is 0.0474. The molecule has 1 fully saturated rings. The molecule has 0 N–H and O–H groups in total. The molecule has 0 amide bonds. The second-order valence-corrected chi connectivity index (χ2v) is 2.68. The Balaban J connectivity index is 2.27. The summed E-state index contributed by atoms with van der Waals surface area (Å²) >= 11 is 0. The Hall–Kier alpha value is -0.920. The van der Waals surface area contributed by atoms with Crippen molar-refractivity contribution in [3.8, 4) is 0 Å². The molecule has 3 nitrogen and oxygen atoms in total. The molecule has 0 aromatic carbocycles. The molecule has 1 saturated heterocycles. The third-order valence-electron chi connectivity index (χ3n) is 1.91. The lowest BCUT2D eigenvalue weighted by Crippen LogP contribution is -2.08. The zero-order valence-electron chi connectivity index (χ0n) is 5.46. The van der Waals surface area contributed by atoms with Crippen LogP contribution in [0.5, 0.6) is 0 Å². The van der Waals surface area contributed by atoms with Crippen molar-refractivity contribution in [1.82, 2.24) is 0 Å². The van der Waals surface area contributed by atoms with E-state index in [4.69, 9.17) is 4.74 Å². The van der Waals surface area contributed by atoms with Gasteiger partial charge in [0.1, 0.15) is 11.3 Å². The molecule has 1 unspecified atom stereocenters. The fraction of sp³-hybridized carbons (Fsp3) is 0.571. The zero-order chi connectivity index (χ0) is 7.03. The largest absolute Gasteiger partial charge is 0.364 e. The Bertz CT molecular complexity index is 234. The van der Waals surface area contributed by atoms with Crippen molar-refractivity contribution in [1.29, 1.82) is 0 Å². The van der Waals surface area contributed by atoms with Gasteiger partial charge >= 0.3 is 0 Å². The molecule has 1 spiro atoms. The lowest BCUT2D eigenvalue weighted by atomic mass is 9.99. The van der Waals surface area contributed by atoms with Gasteiger partial charge in [-0.05, 0) is 17.7 Å². The van der Waals surface area contributed by atoms with Gasteiger partial charge < -0.3 is 4.74 Å². The molecule has 0 aromatic rings. The van der Waals surface area contributed by atoms with Crippen LogP contribution in [0, 0.1) is 4.91 Å². The molecule has 3 heteroatoms. The first-order valence-electron chi connectivity index (χ1n) is 3.29. The maximum absolute atomic E-state index is 9.98. The number of nitroso groups, excluding NO2 is 1. The molecule has 1 aliphatic carbocycles. The third kappa shape index (κ3) is 0.801. The van der Waals surface area contributed by atoms with Gasteiger partial charge in [0.25, 0.3) is 0 Å². The van der Waals surface area contributed by atoms with Gasteiger partial charge in [-0.1, -0.05) is 5.73 Å². The number of nitrogens with zero attached hydrogens (tertiary/aromatic N) is 1. The summed E-state index contributed by atoms with van der Waals surface area (Å²) in [7, 11) is 0. The quantitative estimate of drug-likeness (QED) is 0.311. The summed E-state index contributed by atoms with van der Waals surface area (Å²) in [4.78, 5) is 9.98. The van der Waals surface area contributed by atoms with Crippen molar-refractivity contribution >= 4 is 0 Å². The Morgan fingerprint density at radius 1 is 1.80 bits per heavy atom. The predicted molar refractivity (Wildman–Crippen MR) is 35.3 cm³/mol. The number of epoxide rings is 1. The van der Waals surface area contributed by atoms with Crippen LogP contribution in [0.25, 0.3) is 0 Å². The standard InChI is InChI=1S/C7H7NO2/c9-8-6-1-3-7(4-2-6)5-10-7/h4H,1,3,5H2. The molecule has 10 heavy (non-hydrogen) atoms. The number of ether oxygens (including phenoxy) is 1. The van der Waals surface area contributed by atoms with E-state index in [1.807, 2.05) is 6.08 Å². The van der Waals surface area contributed by atoms with Crippen LogP contribution >= 0.6 is 0 Å². The summed E-state index contributed by atoms with van der Waals surface area (Å²) in [6, 6.07) is 0. The molecular weight excluding hydrogens is 130 g/mol. The van der Waals surface area contributed by atoms with Crippen molar-refractivity contribution < 1.29 is 4.74 Å². The van der Waals surface area contributed by atoms with Gasteiger partial charge in [-0.3, -0.25) is 0 Å². The molecule has 1 atom stereocenters. The number of hydrogen-bond acceptors (Lipinski definition) is 3. The highest BCUT2D eigenvalue weighted by Crippen LogP contribution is 2.37. The van der Waals surface area contributed by atoms with Crippen LogP contribution in [0.1, 0.15) is 12.8 Å². The van der Waals surface area contributed by atoms with Crippen molar-refractivity contribution in [3.05, 3.63) is 22.4 Å². The second kappa shape index (κ2) is 1.78. The van der Waals surface area contributed by atoms with Gasteiger partial charge in [0.05, 0.1) is 6.61 Å².